The van der Waals surface area contributed by atoms with E-state index in [1.165, 1.54) is 14.8 Å². The lowest BCUT2D eigenvalue weighted by Crippen LogP contribution is -2.62. The molecule has 2 aromatic heterocycles. The van der Waals surface area contributed by atoms with Gasteiger partial charge in [-0.1, -0.05) is 64.6 Å². The van der Waals surface area contributed by atoms with Gasteiger partial charge in [-0.3, -0.25) is 34.0 Å². The lowest BCUT2D eigenvalue weighted by Gasteiger charge is -2.37. The molecule has 7 rings (SSSR count). The number of esters is 1. The van der Waals surface area contributed by atoms with Crippen molar-refractivity contribution in [1.29, 1.82) is 0 Å². The average Bonchev–Trinajstić information content (AvgIpc) is 3.90. The highest BCUT2D eigenvalue weighted by atomic mass is 16.5. The van der Waals surface area contributed by atoms with Gasteiger partial charge in [0.15, 0.2) is 0 Å². The van der Waals surface area contributed by atoms with Gasteiger partial charge in [-0.2, -0.15) is 0 Å². The Hall–Kier alpha value is -5.90. The predicted octanol–water partition coefficient (Wildman–Crippen LogP) is 5.62. The van der Waals surface area contributed by atoms with Crippen LogP contribution in [-0.2, 0) is 52.8 Å². The Kier molecular flexibility index (Phi) is 15.0. The Morgan fingerprint density at radius 2 is 1.87 bits per heavy atom. The lowest BCUT2D eigenvalue weighted by molar-refractivity contribution is -0.155. The third-order valence-corrected chi connectivity index (χ3v) is 13.7. The quantitative estimate of drug-likeness (QED) is 0.127. The number of hydrazine groups is 1. The number of ether oxygens (including phenoxy) is 2. The summed E-state index contributed by atoms with van der Waals surface area (Å²) in [7, 11) is 3.25. The highest BCUT2D eigenvalue weighted by Crippen LogP contribution is 2.42. The van der Waals surface area contributed by atoms with E-state index in [9.17, 15) is 29.1 Å². The number of methoxy groups -OCH3 is 1. The highest BCUT2D eigenvalue weighted by molar-refractivity contribution is 5.96. The van der Waals surface area contributed by atoms with Crippen LogP contribution in [0, 0.1) is 17.3 Å². The van der Waals surface area contributed by atoms with E-state index in [4.69, 9.17) is 14.5 Å². The Morgan fingerprint density at radius 3 is 2.57 bits per heavy atom. The maximum Gasteiger partial charge on any atom is 0.324 e. The number of aromatic nitrogens is 2. The maximum atomic E-state index is 14.7. The van der Waals surface area contributed by atoms with Crippen molar-refractivity contribution in [3.05, 3.63) is 90.3 Å². The van der Waals surface area contributed by atoms with Crippen LogP contribution < -0.4 is 10.7 Å². The summed E-state index contributed by atoms with van der Waals surface area (Å²) in [5.41, 5.74) is 10.3. The second-order valence-corrected chi connectivity index (χ2v) is 19.4. The van der Waals surface area contributed by atoms with Crippen molar-refractivity contribution >= 4 is 40.5 Å². The molecule has 15 nitrogen and oxygen atoms in total. The number of likely N-dealkylation sites (N-methyl/N-ethyl adjacent to an activating group) is 1. The number of nitrogens with one attached hydrogen (secondary N) is 2. The number of hydrogen-bond donors (Lipinski definition) is 3. The van der Waals surface area contributed by atoms with Gasteiger partial charge in [-0.25, -0.2) is 5.43 Å². The Morgan fingerprint density at radius 1 is 1.10 bits per heavy atom. The van der Waals surface area contributed by atoms with Gasteiger partial charge in [0.1, 0.15) is 18.1 Å². The molecule has 0 saturated carbocycles. The number of amides is 4. The summed E-state index contributed by atoms with van der Waals surface area (Å²) < 4.78 is 14.3. The summed E-state index contributed by atoms with van der Waals surface area (Å²) >= 11 is 0. The SMILES string of the molecule is C=CC(=O)N1C[C@@H](C(=O)N(C)C(C(=O)N[C@H]2Cc3cccc(c3)-c3ccc4c(c3)c(c(-c3cccnc3[C@H](C)OC)n4CC)CC(C)(C)COC(=O)[C@@H]3CCCN(N3)C2=O)C(C)C)C[C@@H]1CO. The Bertz CT molecular complexity index is 2520. The number of carbonyl (C=O) groups is 5. The van der Waals surface area contributed by atoms with Crippen LogP contribution in [-0.4, -0.2) is 124 Å². The van der Waals surface area contributed by atoms with Crippen molar-refractivity contribution in [2.75, 3.05) is 40.5 Å². The second-order valence-electron chi connectivity index (χ2n) is 19.4. The van der Waals surface area contributed by atoms with Crippen molar-refractivity contribution in [3.63, 3.8) is 0 Å². The monoisotopic (exact) mass is 918 g/mol. The molecule has 0 aliphatic carbocycles. The normalized spacial score (nSPS) is 21.9. The zero-order valence-corrected chi connectivity index (χ0v) is 40.2. The number of nitrogens with zero attached hydrogens (tertiary/aromatic N) is 5. The van der Waals surface area contributed by atoms with Gasteiger partial charge in [0.25, 0.3) is 5.91 Å². The summed E-state index contributed by atoms with van der Waals surface area (Å²) in [5.74, 6) is -3.13. The molecular weight excluding hydrogens is 851 g/mol. The van der Waals surface area contributed by atoms with Crippen molar-refractivity contribution < 1.29 is 38.6 Å². The number of fused-ring (bicyclic) bond motifs is 6. The zero-order chi connectivity index (χ0) is 48.3. The van der Waals surface area contributed by atoms with Crippen molar-refractivity contribution in [2.24, 2.45) is 17.3 Å². The molecule has 0 spiro atoms. The summed E-state index contributed by atoms with van der Waals surface area (Å²) in [6.45, 7) is 16.4. The minimum atomic E-state index is -1.09. The van der Waals surface area contributed by atoms with Crippen LogP contribution in [0.4, 0.5) is 0 Å². The molecule has 3 N–H and O–H groups in total. The number of cyclic esters (lactones) is 1. The Labute approximate surface area is 393 Å². The van der Waals surface area contributed by atoms with E-state index in [-0.39, 0.29) is 56.4 Å². The van der Waals surface area contributed by atoms with E-state index < -0.39 is 53.3 Å². The summed E-state index contributed by atoms with van der Waals surface area (Å²) in [4.78, 5) is 77.5. The second kappa shape index (κ2) is 20.5. The minimum absolute atomic E-state index is 0.0871. The molecule has 2 aromatic carbocycles. The van der Waals surface area contributed by atoms with E-state index in [1.807, 2.05) is 51.1 Å². The van der Waals surface area contributed by atoms with E-state index in [0.29, 0.717) is 32.4 Å². The van der Waals surface area contributed by atoms with Crippen LogP contribution in [0.3, 0.4) is 0 Å². The predicted molar refractivity (Wildman–Crippen MR) is 256 cm³/mol. The standard InChI is InChI=1S/C52H67N7O8/c1-10-44(61)58-28-36(25-37(58)29-60)49(63)56(8)46(31(3)4)48(62)54-42-24-33-15-12-16-34(23-33)35-19-20-43-39(26-35)40(47(57(43)11-2)38-17-13-21-53-45(38)32(5)66-9)27-52(6,7)30-67-51(65)41-18-14-22-59(55-41)50(42)64/h10,12-13,15-17,19-21,23,26,31-32,36-37,41-42,46,55,60H,1,11,14,18,22,24-25,27-30H2,2-9H3,(H,54,62)/t32-,36-,37+,41-,42-,46?/m0/s1. The molecule has 5 heterocycles. The van der Waals surface area contributed by atoms with Crippen molar-refractivity contribution in [1.82, 2.24) is 35.1 Å². The number of rotatable bonds is 11. The molecule has 6 atom stereocenters. The molecule has 15 heteroatoms. The van der Waals surface area contributed by atoms with Gasteiger partial charge in [0, 0.05) is 68.3 Å². The van der Waals surface area contributed by atoms with Gasteiger partial charge in [-0.15, -0.1) is 0 Å². The van der Waals surface area contributed by atoms with Gasteiger partial charge < -0.3 is 34.3 Å². The summed E-state index contributed by atoms with van der Waals surface area (Å²) in [6, 6.07) is 15.1. The number of pyridine rings is 1. The van der Waals surface area contributed by atoms with Crippen molar-refractivity contribution in [2.45, 2.75) is 110 Å². The minimum Gasteiger partial charge on any atom is -0.464 e. The molecule has 2 fully saturated rings. The van der Waals surface area contributed by atoms with E-state index in [0.717, 1.165) is 56.2 Å². The zero-order valence-electron chi connectivity index (χ0n) is 40.2. The third kappa shape index (κ3) is 10.2. The maximum absolute atomic E-state index is 14.7. The number of benzene rings is 2. The summed E-state index contributed by atoms with van der Waals surface area (Å²) in [6.07, 6.45) is 4.61. The van der Waals surface area contributed by atoms with Gasteiger partial charge in [0.05, 0.1) is 42.7 Å². The van der Waals surface area contributed by atoms with Crippen LogP contribution in [0.1, 0.15) is 83.7 Å². The topological polar surface area (TPSA) is 176 Å². The van der Waals surface area contributed by atoms with Crippen LogP contribution in [0.15, 0.2) is 73.4 Å². The fraction of sp³-hybridized carbons (Fsp3) is 0.500. The molecule has 0 radical (unpaired) electrons. The van der Waals surface area contributed by atoms with E-state index >= 15 is 0 Å². The molecule has 358 valence electrons. The van der Waals surface area contributed by atoms with Gasteiger partial charge in [0.2, 0.25) is 17.7 Å². The lowest BCUT2D eigenvalue weighted by atomic mass is 9.84. The first-order chi connectivity index (χ1) is 32.0. The number of aliphatic hydroxyl groups is 1. The third-order valence-electron chi connectivity index (χ3n) is 13.7. The van der Waals surface area contributed by atoms with Crippen LogP contribution in [0.2, 0.25) is 0 Å². The first kappa shape index (κ1) is 49.0. The molecule has 1 unspecified atom stereocenters. The first-order valence-corrected chi connectivity index (χ1v) is 23.6. The molecule has 67 heavy (non-hydrogen) atoms. The number of hydrogen-bond acceptors (Lipinski definition) is 10. The first-order valence-electron chi connectivity index (χ1n) is 23.6. The fourth-order valence-corrected chi connectivity index (χ4v) is 10.2. The van der Waals surface area contributed by atoms with Crippen LogP contribution in [0.25, 0.3) is 33.3 Å². The molecular formula is C52H67N7O8. The number of aryl methyl sites for hydroxylation is 1. The smallest absolute Gasteiger partial charge is 0.324 e. The molecule has 4 aromatic rings. The van der Waals surface area contributed by atoms with Gasteiger partial charge in [-0.05, 0) is 98.0 Å². The van der Waals surface area contributed by atoms with Crippen LogP contribution >= 0.6 is 0 Å². The molecule has 4 amide bonds. The molecule has 3 aliphatic heterocycles. The fourth-order valence-electron chi connectivity index (χ4n) is 10.2. The molecule has 3 aliphatic rings. The number of likely N-dealkylation sites (tertiary alicyclic amines) is 1. The Balaban J connectivity index is 1.28. The molecule has 6 bridgehead atoms. The van der Waals surface area contributed by atoms with Gasteiger partial charge >= 0.3 is 5.97 Å². The number of aliphatic hydroxyl groups excluding tert-OH is 1. The largest absolute Gasteiger partial charge is 0.464 e. The summed E-state index contributed by atoms with van der Waals surface area (Å²) in [5, 5.41) is 15.5. The number of carbonyl (C=O) groups excluding carboxylic acids is 5. The molecule has 2 saturated heterocycles. The highest BCUT2D eigenvalue weighted by Gasteiger charge is 2.43. The average molecular weight is 918 g/mol. The van der Waals surface area contributed by atoms with Crippen LogP contribution in [0.5, 0.6) is 0 Å². The van der Waals surface area contributed by atoms with E-state index in [1.54, 1.807) is 20.4 Å². The van der Waals surface area contributed by atoms with E-state index in [2.05, 4.69) is 66.9 Å². The van der Waals surface area contributed by atoms with Crippen molar-refractivity contribution in [3.8, 4) is 22.4 Å².